The number of rotatable bonds is 4. The van der Waals surface area contributed by atoms with Gasteiger partial charge in [0.1, 0.15) is 23.6 Å². The van der Waals surface area contributed by atoms with Crippen molar-refractivity contribution in [3.63, 3.8) is 0 Å². The Morgan fingerprint density at radius 3 is 2.36 bits per heavy atom. The highest BCUT2D eigenvalue weighted by molar-refractivity contribution is 5.88. The lowest BCUT2D eigenvalue weighted by Crippen LogP contribution is -2.64. The third kappa shape index (κ3) is 3.03. The van der Waals surface area contributed by atoms with E-state index in [4.69, 9.17) is 9.47 Å². The topological polar surface area (TPSA) is 130 Å². The summed E-state index contributed by atoms with van der Waals surface area (Å²) in [5.41, 5.74) is -6.02. The lowest BCUT2D eigenvalue weighted by Gasteiger charge is -2.60. The molecule has 9 atom stereocenters. The van der Waals surface area contributed by atoms with Crippen LogP contribution in [0.5, 0.6) is 0 Å². The third-order valence-corrected chi connectivity index (χ3v) is 11.1. The zero-order valence-electron chi connectivity index (χ0n) is 23.1. The van der Waals surface area contributed by atoms with Crippen molar-refractivity contribution in [2.75, 3.05) is 0 Å². The number of ketones is 1. The molecule has 39 heavy (non-hydrogen) atoms. The Morgan fingerprint density at radius 1 is 1.10 bits per heavy atom. The van der Waals surface area contributed by atoms with Gasteiger partial charge in [-0.25, -0.2) is 4.79 Å². The molecular formula is C31H38O8. The number of ether oxygens (including phenoxy) is 2. The van der Waals surface area contributed by atoms with E-state index in [9.17, 15) is 29.7 Å². The molecule has 0 aromatic heterocycles. The molecule has 0 saturated heterocycles. The van der Waals surface area contributed by atoms with Crippen LogP contribution in [0.25, 0.3) is 6.08 Å². The van der Waals surface area contributed by atoms with E-state index in [1.54, 1.807) is 26.8 Å². The molecule has 8 heteroatoms. The molecule has 0 heterocycles. The van der Waals surface area contributed by atoms with Crippen LogP contribution in [0.1, 0.15) is 59.4 Å². The lowest BCUT2D eigenvalue weighted by atomic mass is 9.42. The van der Waals surface area contributed by atoms with E-state index < -0.39 is 69.5 Å². The van der Waals surface area contributed by atoms with Crippen LogP contribution in [-0.4, -0.2) is 63.1 Å². The van der Waals surface area contributed by atoms with Gasteiger partial charge in [-0.3, -0.25) is 9.59 Å². The number of aliphatic hydroxyl groups is 3. The Kier molecular flexibility index (Phi) is 6.11. The zero-order valence-corrected chi connectivity index (χ0v) is 23.1. The molecule has 1 aromatic rings. The monoisotopic (exact) mass is 538 g/mol. The lowest BCUT2D eigenvalue weighted by molar-refractivity contribution is -0.207. The Bertz CT molecular complexity index is 1270. The Morgan fingerprint density at radius 2 is 1.74 bits per heavy atom. The SMILES string of the molecule is C=C1[C@@H](OC(=O)/C=C/c2ccccc2)CC[C@@]2(C)[C@@H](OC(C)=O)[C@H](O)[C@@]34[C@H](C)C(=O)C[C@@](O)([C@@H](O)[C@@]132)C4(C)C. The molecule has 4 saturated carbocycles. The van der Waals surface area contributed by atoms with E-state index in [-0.39, 0.29) is 18.6 Å². The van der Waals surface area contributed by atoms with Gasteiger partial charge in [-0.15, -0.1) is 0 Å². The highest BCUT2D eigenvalue weighted by Gasteiger charge is 2.94. The molecule has 2 bridgehead atoms. The van der Waals surface area contributed by atoms with Crippen molar-refractivity contribution in [1.29, 1.82) is 0 Å². The number of esters is 2. The van der Waals surface area contributed by atoms with Crippen LogP contribution in [0.4, 0.5) is 0 Å². The second kappa shape index (κ2) is 8.59. The van der Waals surface area contributed by atoms with Crippen molar-refractivity contribution >= 4 is 23.8 Å². The number of carbonyl (C=O) groups is 3. The fourth-order valence-electron chi connectivity index (χ4n) is 9.52. The number of Topliss-reactive ketones (excluding diaryl/α,β-unsaturated/α-hetero) is 1. The predicted molar refractivity (Wildman–Crippen MR) is 142 cm³/mol. The molecule has 0 amide bonds. The largest absolute Gasteiger partial charge is 0.459 e. The van der Waals surface area contributed by atoms with Crippen LogP contribution in [0.15, 0.2) is 48.6 Å². The first-order valence-corrected chi connectivity index (χ1v) is 13.6. The summed E-state index contributed by atoms with van der Waals surface area (Å²) in [6, 6.07) is 9.28. The minimum absolute atomic E-state index is 0.285. The van der Waals surface area contributed by atoms with Crippen molar-refractivity contribution in [1.82, 2.24) is 0 Å². The van der Waals surface area contributed by atoms with Gasteiger partial charge in [-0.1, -0.05) is 64.6 Å². The van der Waals surface area contributed by atoms with Crippen molar-refractivity contribution < 1.29 is 39.2 Å². The predicted octanol–water partition coefficient (Wildman–Crippen LogP) is 2.99. The van der Waals surface area contributed by atoms with E-state index in [2.05, 4.69) is 6.58 Å². The highest BCUT2D eigenvalue weighted by Crippen LogP contribution is 2.86. The third-order valence-electron chi connectivity index (χ3n) is 11.1. The quantitative estimate of drug-likeness (QED) is 0.303. The van der Waals surface area contributed by atoms with Crippen LogP contribution in [0.3, 0.4) is 0 Å². The van der Waals surface area contributed by atoms with E-state index in [1.165, 1.54) is 13.0 Å². The van der Waals surface area contributed by atoms with Crippen LogP contribution in [0, 0.1) is 27.6 Å². The van der Waals surface area contributed by atoms with Crippen LogP contribution >= 0.6 is 0 Å². The highest BCUT2D eigenvalue weighted by atomic mass is 16.6. The Balaban J connectivity index is 1.65. The Labute approximate surface area is 228 Å². The van der Waals surface area contributed by atoms with E-state index in [0.717, 1.165) is 5.56 Å². The summed E-state index contributed by atoms with van der Waals surface area (Å²) in [6.45, 7) is 12.6. The summed E-state index contributed by atoms with van der Waals surface area (Å²) in [5, 5.41) is 36.4. The van der Waals surface area contributed by atoms with E-state index in [0.29, 0.717) is 12.0 Å². The Hall–Kier alpha value is -2.81. The molecule has 3 N–H and O–H groups in total. The number of aliphatic hydroxyl groups excluding tert-OH is 2. The fraction of sp³-hybridized carbons (Fsp3) is 0.581. The maximum Gasteiger partial charge on any atom is 0.331 e. The van der Waals surface area contributed by atoms with Gasteiger partial charge in [0.05, 0.1) is 12.2 Å². The average Bonchev–Trinajstić information content (AvgIpc) is 3.09. The molecule has 4 aliphatic rings. The van der Waals surface area contributed by atoms with Gasteiger partial charge in [-0.05, 0) is 30.1 Å². The summed E-state index contributed by atoms with van der Waals surface area (Å²) < 4.78 is 11.7. The fourth-order valence-corrected chi connectivity index (χ4v) is 9.52. The molecule has 1 aromatic carbocycles. The van der Waals surface area contributed by atoms with Gasteiger partial charge in [0, 0.05) is 47.0 Å². The average molecular weight is 539 g/mol. The first-order chi connectivity index (χ1) is 18.1. The number of benzene rings is 1. The number of fused-ring (bicyclic) bond motifs is 1. The van der Waals surface area contributed by atoms with Gasteiger partial charge >= 0.3 is 11.9 Å². The summed E-state index contributed by atoms with van der Waals surface area (Å²) in [7, 11) is 0. The first kappa shape index (κ1) is 27.7. The molecule has 5 rings (SSSR count). The van der Waals surface area contributed by atoms with Crippen molar-refractivity contribution in [2.45, 2.75) is 83.9 Å². The number of hydrogen-bond donors (Lipinski definition) is 3. The molecule has 2 spiro atoms. The standard InChI is InChI=1S/C31H38O8/c1-17-21(33)16-29(37)26(36)31-18(2)22(39-23(34)13-12-20-10-8-7-9-11-20)14-15-28(31,6)25(38-19(3)32)24(35)30(17,31)27(29,4)5/h7-13,17,22,24-26,35-37H,2,14-16H2,1,3-6H3/b13-12+/t17-,22+,24+,25+,26-,28+,29-,30-,31-/m1/s1. The molecule has 8 nitrogen and oxygen atoms in total. The van der Waals surface area contributed by atoms with Crippen molar-refractivity contribution in [2.24, 2.45) is 27.6 Å². The van der Waals surface area contributed by atoms with Gasteiger partial charge < -0.3 is 24.8 Å². The molecule has 210 valence electrons. The van der Waals surface area contributed by atoms with E-state index in [1.807, 2.05) is 37.3 Å². The van der Waals surface area contributed by atoms with E-state index >= 15 is 0 Å². The molecule has 4 aliphatic carbocycles. The smallest absolute Gasteiger partial charge is 0.331 e. The molecule has 0 unspecified atom stereocenters. The summed E-state index contributed by atoms with van der Waals surface area (Å²) in [5.74, 6) is -2.32. The molecule has 0 radical (unpaired) electrons. The minimum atomic E-state index is -1.89. The van der Waals surface area contributed by atoms with Gasteiger partial charge in [0.2, 0.25) is 0 Å². The van der Waals surface area contributed by atoms with Crippen LogP contribution in [0.2, 0.25) is 0 Å². The maximum atomic E-state index is 13.5. The van der Waals surface area contributed by atoms with Crippen molar-refractivity contribution in [3.05, 3.63) is 54.1 Å². The number of hydrogen-bond acceptors (Lipinski definition) is 8. The van der Waals surface area contributed by atoms with Crippen molar-refractivity contribution in [3.8, 4) is 0 Å². The first-order valence-electron chi connectivity index (χ1n) is 13.6. The summed E-state index contributed by atoms with van der Waals surface area (Å²) >= 11 is 0. The number of carbonyl (C=O) groups excluding carboxylic acids is 3. The zero-order chi connectivity index (χ0) is 28.8. The molecule has 4 fully saturated rings. The molecular weight excluding hydrogens is 500 g/mol. The minimum Gasteiger partial charge on any atom is -0.459 e. The maximum absolute atomic E-state index is 13.5. The second-order valence-corrected chi connectivity index (χ2v) is 12.6. The summed E-state index contributed by atoms with van der Waals surface area (Å²) in [4.78, 5) is 38.7. The van der Waals surface area contributed by atoms with Gasteiger partial charge in [0.25, 0.3) is 0 Å². The van der Waals surface area contributed by atoms with Crippen LogP contribution < -0.4 is 0 Å². The van der Waals surface area contributed by atoms with Gasteiger partial charge in [0.15, 0.2) is 0 Å². The normalized spacial score (nSPS) is 44.2. The van der Waals surface area contributed by atoms with Crippen LogP contribution in [-0.2, 0) is 23.9 Å². The van der Waals surface area contributed by atoms with Gasteiger partial charge in [-0.2, -0.15) is 0 Å². The second-order valence-electron chi connectivity index (χ2n) is 12.6. The summed E-state index contributed by atoms with van der Waals surface area (Å²) in [6.07, 6.45) is -1.61. The molecule has 0 aliphatic heterocycles.